The molecule has 30 heavy (non-hydrogen) atoms. The first-order valence-electron chi connectivity index (χ1n) is 10.1. The lowest BCUT2D eigenvalue weighted by molar-refractivity contribution is -0.116. The van der Waals surface area contributed by atoms with Gasteiger partial charge in [-0.1, -0.05) is 26.0 Å². The summed E-state index contributed by atoms with van der Waals surface area (Å²) < 4.78 is 16.6. The van der Waals surface area contributed by atoms with Crippen molar-refractivity contribution in [3.05, 3.63) is 54.3 Å². The Labute approximate surface area is 177 Å². The van der Waals surface area contributed by atoms with Crippen molar-refractivity contribution < 1.29 is 18.7 Å². The third-order valence-electron chi connectivity index (χ3n) is 5.09. The molecule has 0 spiro atoms. The standard InChI is InChI=1S/C25H29NO4/c1-16(2)10-11-26-25(27)12-17(3)20-13-21-22(15-30-24(21)14-23(20)29-5)18-6-8-19(28-4)9-7-18/h6-9,12-16H,10-11H2,1-5H3,(H,26,27)/b17-12+. The van der Waals surface area contributed by atoms with E-state index in [9.17, 15) is 4.79 Å². The predicted octanol–water partition coefficient (Wildman–Crippen LogP) is 5.68. The number of hydrogen-bond donors (Lipinski definition) is 1. The number of nitrogens with one attached hydrogen (secondary N) is 1. The van der Waals surface area contributed by atoms with Crippen LogP contribution in [0.15, 0.2) is 53.2 Å². The fourth-order valence-electron chi connectivity index (χ4n) is 3.34. The quantitative estimate of drug-likeness (QED) is 0.488. The Bertz CT molecular complexity index is 1040. The highest BCUT2D eigenvalue weighted by atomic mass is 16.5. The molecule has 0 saturated carbocycles. The molecule has 5 heteroatoms. The van der Waals surface area contributed by atoms with E-state index in [0.29, 0.717) is 18.2 Å². The summed E-state index contributed by atoms with van der Waals surface area (Å²) in [4.78, 5) is 12.3. The van der Waals surface area contributed by atoms with E-state index < -0.39 is 0 Å². The first-order chi connectivity index (χ1) is 14.4. The molecule has 3 aromatic rings. The van der Waals surface area contributed by atoms with E-state index in [-0.39, 0.29) is 5.91 Å². The van der Waals surface area contributed by atoms with Crippen LogP contribution in [0.5, 0.6) is 11.5 Å². The lowest BCUT2D eigenvalue weighted by Gasteiger charge is -2.11. The molecule has 0 fully saturated rings. The van der Waals surface area contributed by atoms with E-state index in [2.05, 4.69) is 19.2 Å². The fourth-order valence-corrected chi connectivity index (χ4v) is 3.34. The summed E-state index contributed by atoms with van der Waals surface area (Å²) in [5.41, 5.74) is 4.43. The summed E-state index contributed by atoms with van der Waals surface area (Å²) in [5, 5.41) is 3.91. The molecule has 0 bridgehead atoms. The molecule has 3 rings (SSSR count). The summed E-state index contributed by atoms with van der Waals surface area (Å²) >= 11 is 0. The van der Waals surface area contributed by atoms with Crippen LogP contribution in [0.4, 0.5) is 0 Å². The minimum atomic E-state index is -0.0992. The number of methoxy groups -OCH3 is 2. The van der Waals surface area contributed by atoms with Crippen molar-refractivity contribution in [2.24, 2.45) is 5.92 Å². The first kappa shape index (κ1) is 21.5. The number of hydrogen-bond acceptors (Lipinski definition) is 4. The van der Waals surface area contributed by atoms with Crippen LogP contribution in [0.1, 0.15) is 32.8 Å². The number of carbonyl (C=O) groups excluding carboxylic acids is 1. The van der Waals surface area contributed by atoms with Crippen LogP contribution in [-0.2, 0) is 4.79 Å². The van der Waals surface area contributed by atoms with Gasteiger partial charge in [0.2, 0.25) is 5.91 Å². The van der Waals surface area contributed by atoms with Crippen LogP contribution < -0.4 is 14.8 Å². The number of amides is 1. The van der Waals surface area contributed by atoms with E-state index in [1.807, 2.05) is 43.3 Å². The average Bonchev–Trinajstić information content (AvgIpc) is 3.15. The van der Waals surface area contributed by atoms with Crippen molar-refractivity contribution >= 4 is 22.4 Å². The fraction of sp³-hybridized carbons (Fsp3) is 0.320. The zero-order chi connectivity index (χ0) is 21.7. The van der Waals surface area contributed by atoms with Crippen LogP contribution in [0.25, 0.3) is 27.7 Å². The molecule has 0 aliphatic rings. The monoisotopic (exact) mass is 407 g/mol. The van der Waals surface area contributed by atoms with E-state index in [0.717, 1.165) is 45.4 Å². The van der Waals surface area contributed by atoms with Gasteiger partial charge in [-0.15, -0.1) is 0 Å². The lowest BCUT2D eigenvalue weighted by Crippen LogP contribution is -2.23. The van der Waals surface area contributed by atoms with Crippen LogP contribution in [0, 0.1) is 5.92 Å². The van der Waals surface area contributed by atoms with Gasteiger partial charge in [0.15, 0.2) is 0 Å². The van der Waals surface area contributed by atoms with E-state index >= 15 is 0 Å². The van der Waals surface area contributed by atoms with Crippen LogP contribution >= 0.6 is 0 Å². The van der Waals surface area contributed by atoms with Gasteiger partial charge < -0.3 is 19.2 Å². The zero-order valence-corrected chi connectivity index (χ0v) is 18.2. The molecular weight excluding hydrogens is 378 g/mol. The predicted molar refractivity (Wildman–Crippen MR) is 121 cm³/mol. The summed E-state index contributed by atoms with van der Waals surface area (Å²) in [5.74, 6) is 1.92. The number of benzene rings is 2. The molecule has 0 radical (unpaired) electrons. The Balaban J connectivity index is 1.95. The molecule has 0 aliphatic heterocycles. The SMILES string of the molecule is COc1ccc(-c2coc3cc(OC)c(/C(C)=C/C(=O)NCCC(C)C)cc23)cc1. The van der Waals surface area contributed by atoms with Gasteiger partial charge in [-0.25, -0.2) is 0 Å². The maximum Gasteiger partial charge on any atom is 0.244 e. The number of fused-ring (bicyclic) bond motifs is 1. The molecule has 1 aromatic heterocycles. The summed E-state index contributed by atoms with van der Waals surface area (Å²) in [6.07, 6.45) is 4.32. The van der Waals surface area contributed by atoms with E-state index in [1.54, 1.807) is 26.6 Å². The second-order valence-corrected chi connectivity index (χ2v) is 7.73. The van der Waals surface area contributed by atoms with Crippen LogP contribution in [-0.4, -0.2) is 26.7 Å². The van der Waals surface area contributed by atoms with Gasteiger partial charge in [0.1, 0.15) is 17.1 Å². The molecule has 2 aromatic carbocycles. The molecular formula is C25H29NO4. The van der Waals surface area contributed by atoms with Gasteiger partial charge in [-0.3, -0.25) is 4.79 Å². The summed E-state index contributed by atoms with van der Waals surface area (Å²) in [6, 6.07) is 11.7. The Morgan fingerprint density at radius 3 is 2.50 bits per heavy atom. The minimum Gasteiger partial charge on any atom is -0.497 e. The molecule has 0 atom stereocenters. The molecule has 1 amide bonds. The molecule has 1 heterocycles. The number of allylic oxidation sites excluding steroid dienone is 1. The molecule has 0 unspecified atom stereocenters. The smallest absolute Gasteiger partial charge is 0.244 e. The topological polar surface area (TPSA) is 60.7 Å². The Morgan fingerprint density at radius 1 is 1.13 bits per heavy atom. The van der Waals surface area contributed by atoms with E-state index in [4.69, 9.17) is 13.9 Å². The number of furan rings is 1. The molecule has 1 N–H and O–H groups in total. The van der Waals surface area contributed by atoms with Gasteiger partial charge in [-0.2, -0.15) is 0 Å². The van der Waals surface area contributed by atoms with Gasteiger partial charge >= 0.3 is 0 Å². The largest absolute Gasteiger partial charge is 0.497 e. The van der Waals surface area contributed by atoms with Gasteiger partial charge in [0, 0.05) is 35.2 Å². The Kier molecular flexibility index (Phi) is 6.83. The minimum absolute atomic E-state index is 0.0992. The zero-order valence-electron chi connectivity index (χ0n) is 18.2. The van der Waals surface area contributed by atoms with E-state index in [1.165, 1.54) is 0 Å². The lowest BCUT2D eigenvalue weighted by atomic mass is 9.99. The highest BCUT2D eigenvalue weighted by Crippen LogP contribution is 2.37. The van der Waals surface area contributed by atoms with Crippen LogP contribution in [0.2, 0.25) is 0 Å². The van der Waals surface area contributed by atoms with Gasteiger partial charge in [0.05, 0.1) is 20.5 Å². The number of rotatable bonds is 8. The normalized spacial score (nSPS) is 11.7. The summed E-state index contributed by atoms with van der Waals surface area (Å²) in [6.45, 7) is 6.86. The maximum absolute atomic E-state index is 12.3. The van der Waals surface area contributed by atoms with Crippen molar-refractivity contribution in [1.29, 1.82) is 0 Å². The molecule has 0 saturated heterocycles. The van der Waals surface area contributed by atoms with Crippen LogP contribution in [0.3, 0.4) is 0 Å². The third-order valence-corrected chi connectivity index (χ3v) is 5.09. The second-order valence-electron chi connectivity index (χ2n) is 7.73. The second kappa shape index (κ2) is 9.53. The Morgan fingerprint density at radius 2 is 1.87 bits per heavy atom. The maximum atomic E-state index is 12.3. The number of ether oxygens (including phenoxy) is 2. The van der Waals surface area contributed by atoms with Crippen molar-refractivity contribution in [2.45, 2.75) is 27.2 Å². The third kappa shape index (κ3) is 4.85. The Hall–Kier alpha value is -3.21. The van der Waals surface area contributed by atoms with Crippen molar-refractivity contribution in [2.75, 3.05) is 20.8 Å². The average molecular weight is 408 g/mol. The van der Waals surface area contributed by atoms with Crippen molar-refractivity contribution in [3.63, 3.8) is 0 Å². The number of carbonyl (C=O) groups is 1. The highest BCUT2D eigenvalue weighted by molar-refractivity contribution is 6.00. The molecule has 158 valence electrons. The first-order valence-corrected chi connectivity index (χ1v) is 10.1. The molecule has 0 aliphatic carbocycles. The summed E-state index contributed by atoms with van der Waals surface area (Å²) in [7, 11) is 3.27. The van der Waals surface area contributed by atoms with Crippen molar-refractivity contribution in [1.82, 2.24) is 5.32 Å². The van der Waals surface area contributed by atoms with Gasteiger partial charge in [0.25, 0.3) is 0 Å². The highest BCUT2D eigenvalue weighted by Gasteiger charge is 2.15. The van der Waals surface area contributed by atoms with Gasteiger partial charge in [-0.05, 0) is 48.6 Å². The van der Waals surface area contributed by atoms with Crippen molar-refractivity contribution in [3.8, 4) is 22.6 Å². The molecule has 5 nitrogen and oxygen atoms in total.